The Morgan fingerprint density at radius 2 is 1.78 bits per heavy atom. The number of nitrogens with zero attached hydrogens (tertiary/aromatic N) is 6. The van der Waals surface area contributed by atoms with E-state index in [1.165, 1.54) is 16.2 Å². The lowest BCUT2D eigenvalue weighted by Gasteiger charge is -2.43. The highest BCUT2D eigenvalue weighted by atomic mass is 16.2. The number of hydrogen-bond donors (Lipinski definition) is 2. The molecule has 50 heavy (non-hydrogen) atoms. The predicted octanol–water partition coefficient (Wildman–Crippen LogP) is 5.57. The molecule has 11 heteroatoms. The van der Waals surface area contributed by atoms with Crippen LogP contribution in [0, 0.1) is 11.3 Å². The van der Waals surface area contributed by atoms with Gasteiger partial charge in [0.15, 0.2) is 0 Å². The molecule has 3 aliphatic heterocycles. The topological polar surface area (TPSA) is 122 Å². The van der Waals surface area contributed by atoms with Gasteiger partial charge in [-0.3, -0.25) is 24.4 Å². The first kappa shape index (κ1) is 32.7. The minimum absolute atomic E-state index is 0.107. The van der Waals surface area contributed by atoms with Crippen LogP contribution in [0.15, 0.2) is 42.6 Å². The van der Waals surface area contributed by atoms with Gasteiger partial charge in [0.25, 0.3) is 5.91 Å². The minimum Gasteiger partial charge on any atom is -0.354 e. The summed E-state index contributed by atoms with van der Waals surface area (Å²) < 4.78 is 0. The fraction of sp³-hybridized carbons (Fsp3) is 0.513. The lowest BCUT2D eigenvalue weighted by atomic mass is 9.76. The molecule has 0 radical (unpaired) electrons. The van der Waals surface area contributed by atoms with Crippen molar-refractivity contribution >= 4 is 40.1 Å². The number of amides is 3. The molecule has 3 fully saturated rings. The first-order valence-electron chi connectivity index (χ1n) is 18.4. The predicted molar refractivity (Wildman–Crippen MR) is 194 cm³/mol. The lowest BCUT2D eigenvalue weighted by molar-refractivity contribution is -0.129. The maximum Gasteiger partial charge on any atom is 0.253 e. The van der Waals surface area contributed by atoms with Gasteiger partial charge in [-0.15, -0.1) is 0 Å². The molecule has 0 saturated carbocycles. The maximum atomic E-state index is 13.6. The highest BCUT2D eigenvalue weighted by Gasteiger charge is 2.32. The summed E-state index contributed by atoms with van der Waals surface area (Å²) in [7, 11) is 0. The third-order valence-electron chi connectivity index (χ3n) is 11.5. The normalized spacial score (nSPS) is 22.0. The molecular formula is C39H48N8O3. The minimum atomic E-state index is -0.145. The molecule has 4 aliphatic rings. The number of imide groups is 1. The van der Waals surface area contributed by atoms with Crippen molar-refractivity contribution in [2.75, 3.05) is 49.1 Å². The van der Waals surface area contributed by atoms with Gasteiger partial charge < -0.3 is 14.8 Å². The van der Waals surface area contributed by atoms with Crippen molar-refractivity contribution in [1.29, 1.82) is 0 Å². The van der Waals surface area contributed by atoms with Gasteiger partial charge in [-0.1, -0.05) is 19.9 Å². The largest absolute Gasteiger partial charge is 0.354 e. The SMILES string of the molecule is C[C@H]1CN(c2ccc(N3C(=O)CCCC3=O)cn2)CCN1CC1CCN(C(=O)c2ccc3cc(-c4n[nH]c5c4CCC(C)(C)C5)[nH]c3c2)CC1. The smallest absolute Gasteiger partial charge is 0.253 e. The number of fused-ring (bicyclic) bond motifs is 2. The van der Waals surface area contributed by atoms with E-state index in [0.717, 1.165) is 105 Å². The molecule has 6 heterocycles. The van der Waals surface area contributed by atoms with Crippen LogP contribution in [-0.4, -0.2) is 93.0 Å². The Hall–Kier alpha value is -4.51. The van der Waals surface area contributed by atoms with Crippen LogP contribution in [0.3, 0.4) is 0 Å². The van der Waals surface area contributed by atoms with Gasteiger partial charge >= 0.3 is 0 Å². The number of aromatic nitrogens is 4. The summed E-state index contributed by atoms with van der Waals surface area (Å²) in [4.78, 5) is 54.6. The number of carbonyl (C=O) groups excluding carboxylic acids is 3. The summed E-state index contributed by atoms with van der Waals surface area (Å²) in [5.74, 6) is 1.25. The van der Waals surface area contributed by atoms with E-state index in [4.69, 9.17) is 5.10 Å². The molecule has 3 aromatic heterocycles. The van der Waals surface area contributed by atoms with Crippen LogP contribution in [0.5, 0.6) is 0 Å². The zero-order valence-corrected chi connectivity index (χ0v) is 29.5. The van der Waals surface area contributed by atoms with E-state index in [2.05, 4.69) is 57.8 Å². The van der Waals surface area contributed by atoms with E-state index in [-0.39, 0.29) is 17.7 Å². The Morgan fingerprint density at radius 1 is 0.980 bits per heavy atom. The van der Waals surface area contributed by atoms with Crippen molar-refractivity contribution < 1.29 is 14.4 Å². The van der Waals surface area contributed by atoms with E-state index in [9.17, 15) is 14.4 Å². The van der Waals surface area contributed by atoms with E-state index in [0.29, 0.717) is 42.3 Å². The lowest BCUT2D eigenvalue weighted by Crippen LogP contribution is -2.54. The van der Waals surface area contributed by atoms with Crippen LogP contribution >= 0.6 is 0 Å². The molecule has 1 aliphatic carbocycles. The summed E-state index contributed by atoms with van der Waals surface area (Å²) in [6.07, 6.45) is 8.30. The summed E-state index contributed by atoms with van der Waals surface area (Å²) in [6.45, 7) is 12.2. The van der Waals surface area contributed by atoms with Crippen LogP contribution in [0.25, 0.3) is 22.3 Å². The number of pyridine rings is 1. The monoisotopic (exact) mass is 676 g/mol. The van der Waals surface area contributed by atoms with Gasteiger partial charge in [0, 0.05) is 85.9 Å². The second-order valence-corrected chi connectivity index (χ2v) is 15.7. The highest BCUT2D eigenvalue weighted by Crippen LogP contribution is 2.38. The summed E-state index contributed by atoms with van der Waals surface area (Å²) in [5, 5.41) is 9.08. The Morgan fingerprint density at radius 3 is 2.52 bits per heavy atom. The summed E-state index contributed by atoms with van der Waals surface area (Å²) in [6, 6.07) is 12.3. The molecule has 11 nitrogen and oxygen atoms in total. The number of piperazine rings is 1. The van der Waals surface area contributed by atoms with Gasteiger partial charge in [0.05, 0.1) is 17.6 Å². The van der Waals surface area contributed by atoms with Crippen LogP contribution in [0.4, 0.5) is 11.5 Å². The maximum absolute atomic E-state index is 13.6. The number of likely N-dealkylation sites (tertiary alicyclic amines) is 1. The number of aromatic amines is 2. The van der Waals surface area contributed by atoms with Crippen LogP contribution in [0.1, 0.15) is 80.9 Å². The molecule has 1 atom stereocenters. The second kappa shape index (κ2) is 13.0. The van der Waals surface area contributed by atoms with Crippen LogP contribution in [0.2, 0.25) is 0 Å². The molecule has 3 amide bonds. The molecule has 3 saturated heterocycles. The van der Waals surface area contributed by atoms with Crippen LogP contribution in [-0.2, 0) is 22.4 Å². The fourth-order valence-corrected chi connectivity index (χ4v) is 8.50. The van der Waals surface area contributed by atoms with E-state index in [1.807, 2.05) is 29.2 Å². The molecule has 4 aromatic rings. The fourth-order valence-electron chi connectivity index (χ4n) is 8.50. The number of carbonyl (C=O) groups is 3. The first-order valence-corrected chi connectivity index (χ1v) is 18.4. The molecule has 0 bridgehead atoms. The number of H-pyrrole nitrogens is 2. The quantitative estimate of drug-likeness (QED) is 0.256. The highest BCUT2D eigenvalue weighted by molar-refractivity contribution is 6.16. The Bertz CT molecular complexity index is 1900. The van der Waals surface area contributed by atoms with Crippen molar-refractivity contribution in [3.8, 4) is 11.4 Å². The third-order valence-corrected chi connectivity index (χ3v) is 11.5. The Labute approximate surface area is 293 Å². The van der Waals surface area contributed by atoms with Crippen molar-refractivity contribution in [1.82, 2.24) is 30.0 Å². The van der Waals surface area contributed by atoms with Gasteiger partial charge in [0.2, 0.25) is 11.8 Å². The number of piperidine rings is 2. The van der Waals surface area contributed by atoms with Crippen LogP contribution < -0.4 is 9.80 Å². The van der Waals surface area contributed by atoms with Crippen molar-refractivity contribution in [2.24, 2.45) is 11.3 Å². The Balaban J connectivity index is 0.840. The molecular weight excluding hydrogens is 628 g/mol. The van der Waals surface area contributed by atoms with Crippen molar-refractivity contribution in [3.63, 3.8) is 0 Å². The van der Waals surface area contributed by atoms with Crippen molar-refractivity contribution in [2.45, 2.75) is 78.2 Å². The average molecular weight is 677 g/mol. The molecule has 0 spiro atoms. The molecule has 0 unspecified atom stereocenters. The number of nitrogens with one attached hydrogen (secondary N) is 2. The standard InChI is InChI=1S/C39H48N8O3/c1-25-23-46(34-10-9-29(22-40-34)47-35(48)5-4-6-36(47)49)18-17-45(25)24-26-12-15-44(16-13-26)38(50)28-8-7-27-19-32(41-31(27)20-28)37-30-11-14-39(2,3)21-33(30)42-43-37/h7-10,19-20,22,25-26,41H,4-6,11-18,21,23-24H2,1-3H3,(H,42,43)/t25-/m0/s1. The van der Waals surface area contributed by atoms with Gasteiger partial charge in [-0.25, -0.2) is 9.88 Å². The molecule has 262 valence electrons. The molecule has 1 aromatic carbocycles. The zero-order chi connectivity index (χ0) is 34.6. The van der Waals surface area contributed by atoms with E-state index < -0.39 is 0 Å². The zero-order valence-electron chi connectivity index (χ0n) is 29.5. The number of hydrogen-bond acceptors (Lipinski definition) is 7. The van der Waals surface area contributed by atoms with Gasteiger partial charge in [-0.05, 0) is 87.1 Å². The van der Waals surface area contributed by atoms with Crippen molar-refractivity contribution in [3.05, 3.63) is 59.4 Å². The average Bonchev–Trinajstić information content (AvgIpc) is 3.72. The number of anilines is 2. The summed E-state index contributed by atoms with van der Waals surface area (Å²) in [5.41, 5.74) is 7.15. The molecule has 2 N–H and O–H groups in total. The molecule has 8 rings (SSSR count). The first-order chi connectivity index (χ1) is 24.1. The van der Waals surface area contributed by atoms with Gasteiger partial charge in [-0.2, -0.15) is 5.10 Å². The Kier molecular flexibility index (Phi) is 8.49. The number of rotatable bonds is 6. The summed E-state index contributed by atoms with van der Waals surface area (Å²) >= 11 is 0. The third kappa shape index (κ3) is 6.32. The van der Waals surface area contributed by atoms with E-state index in [1.54, 1.807) is 6.20 Å². The number of benzene rings is 1. The second-order valence-electron chi connectivity index (χ2n) is 15.7. The van der Waals surface area contributed by atoms with E-state index >= 15 is 0 Å². The van der Waals surface area contributed by atoms with Gasteiger partial charge in [0.1, 0.15) is 11.5 Å².